The van der Waals surface area contributed by atoms with E-state index < -0.39 is 23.5 Å². The van der Waals surface area contributed by atoms with Crippen molar-refractivity contribution in [3.63, 3.8) is 0 Å². The summed E-state index contributed by atoms with van der Waals surface area (Å²) in [5.74, 6) is -2.64. The van der Waals surface area contributed by atoms with Crippen molar-refractivity contribution in [2.45, 2.75) is 25.7 Å². The molecule has 3 nitrogen and oxygen atoms in total. The monoisotopic (exact) mass is 256 g/mol. The Kier molecular flexibility index (Phi) is 3.47. The minimum Gasteiger partial charge on any atom is -0.345 e. The Morgan fingerprint density at radius 2 is 2.06 bits per heavy atom. The van der Waals surface area contributed by atoms with E-state index in [1.165, 1.54) is 6.07 Å². The van der Waals surface area contributed by atoms with E-state index in [-0.39, 0.29) is 6.61 Å². The highest BCUT2D eigenvalue weighted by atomic mass is 19.2. The third kappa shape index (κ3) is 2.75. The molecule has 0 aliphatic carbocycles. The summed E-state index contributed by atoms with van der Waals surface area (Å²) < 4.78 is 31.3. The number of ether oxygens (including phenoxy) is 1. The summed E-state index contributed by atoms with van der Waals surface area (Å²) in [5, 5.41) is 0. The van der Waals surface area contributed by atoms with Crippen molar-refractivity contribution in [3.8, 4) is 0 Å². The third-order valence-electron chi connectivity index (χ3n) is 2.63. The topological polar surface area (TPSA) is 27.7 Å². The SMILES string of the molecule is C=C(c1ccc(F)c(F)c1)C1COC(C)(C)OO1. The number of rotatable bonds is 2. The highest BCUT2D eigenvalue weighted by molar-refractivity contribution is 5.66. The van der Waals surface area contributed by atoms with E-state index in [0.29, 0.717) is 11.1 Å². The van der Waals surface area contributed by atoms with Gasteiger partial charge in [0.05, 0.1) is 6.61 Å². The highest BCUT2D eigenvalue weighted by Crippen LogP contribution is 2.27. The first kappa shape index (κ1) is 13.1. The Morgan fingerprint density at radius 3 is 2.61 bits per heavy atom. The van der Waals surface area contributed by atoms with Crippen LogP contribution in [0.4, 0.5) is 8.78 Å². The molecule has 0 saturated carbocycles. The molecule has 0 radical (unpaired) electrons. The van der Waals surface area contributed by atoms with Gasteiger partial charge in [-0.15, -0.1) is 0 Å². The van der Waals surface area contributed by atoms with Gasteiger partial charge in [0.15, 0.2) is 17.4 Å². The van der Waals surface area contributed by atoms with Crippen LogP contribution in [0.3, 0.4) is 0 Å². The van der Waals surface area contributed by atoms with Crippen LogP contribution in [0.15, 0.2) is 24.8 Å². The van der Waals surface area contributed by atoms with Crippen LogP contribution >= 0.6 is 0 Å². The molecule has 1 fully saturated rings. The van der Waals surface area contributed by atoms with Crippen molar-refractivity contribution in [1.82, 2.24) is 0 Å². The molecule has 2 rings (SSSR count). The summed E-state index contributed by atoms with van der Waals surface area (Å²) in [4.78, 5) is 10.2. The molecule has 0 aromatic heterocycles. The van der Waals surface area contributed by atoms with E-state index in [2.05, 4.69) is 6.58 Å². The first-order valence-corrected chi connectivity index (χ1v) is 5.52. The molecule has 1 heterocycles. The van der Waals surface area contributed by atoms with Crippen LogP contribution in [-0.2, 0) is 14.5 Å². The van der Waals surface area contributed by atoms with Gasteiger partial charge in [-0.2, -0.15) is 0 Å². The zero-order valence-corrected chi connectivity index (χ0v) is 10.2. The lowest BCUT2D eigenvalue weighted by molar-refractivity contribution is -0.467. The molecule has 5 heteroatoms. The van der Waals surface area contributed by atoms with Crippen LogP contribution in [0.2, 0.25) is 0 Å². The Labute approximate surface area is 104 Å². The smallest absolute Gasteiger partial charge is 0.196 e. The summed E-state index contributed by atoms with van der Waals surface area (Å²) in [6.45, 7) is 7.46. The highest BCUT2D eigenvalue weighted by Gasteiger charge is 2.32. The first-order chi connectivity index (χ1) is 8.39. The van der Waals surface area contributed by atoms with Crippen molar-refractivity contribution in [1.29, 1.82) is 0 Å². The minimum absolute atomic E-state index is 0.241. The lowest BCUT2D eigenvalue weighted by Crippen LogP contribution is -2.40. The molecule has 1 atom stereocenters. The van der Waals surface area contributed by atoms with Crippen LogP contribution in [0.5, 0.6) is 0 Å². The molecule has 1 unspecified atom stereocenters. The van der Waals surface area contributed by atoms with Crippen LogP contribution < -0.4 is 0 Å². The summed E-state index contributed by atoms with van der Waals surface area (Å²) in [5.41, 5.74) is 0.926. The second-order valence-corrected chi connectivity index (χ2v) is 4.53. The van der Waals surface area contributed by atoms with Crippen LogP contribution in [0.1, 0.15) is 19.4 Å². The molecule has 0 amide bonds. The fourth-order valence-electron chi connectivity index (χ4n) is 1.54. The quantitative estimate of drug-likeness (QED) is 0.761. The summed E-state index contributed by atoms with van der Waals surface area (Å²) in [6, 6.07) is 3.55. The number of halogens is 2. The molecule has 0 spiro atoms. The van der Waals surface area contributed by atoms with Gasteiger partial charge in [0.2, 0.25) is 0 Å². The molecule has 1 aliphatic heterocycles. The van der Waals surface area contributed by atoms with Gasteiger partial charge in [0.25, 0.3) is 0 Å². The predicted octanol–water partition coefficient (Wildman–Crippen LogP) is 3.06. The molecular weight excluding hydrogens is 242 g/mol. The maximum Gasteiger partial charge on any atom is 0.196 e. The summed E-state index contributed by atoms with van der Waals surface area (Å²) >= 11 is 0. The van der Waals surface area contributed by atoms with Gasteiger partial charge >= 0.3 is 0 Å². The van der Waals surface area contributed by atoms with Crippen LogP contribution in [-0.4, -0.2) is 18.5 Å². The van der Waals surface area contributed by atoms with Crippen molar-refractivity contribution >= 4 is 5.57 Å². The van der Waals surface area contributed by atoms with Crippen molar-refractivity contribution in [2.75, 3.05) is 6.61 Å². The molecule has 1 aliphatic rings. The van der Waals surface area contributed by atoms with E-state index in [1.807, 2.05) is 0 Å². The largest absolute Gasteiger partial charge is 0.345 e. The Morgan fingerprint density at radius 1 is 1.33 bits per heavy atom. The van der Waals surface area contributed by atoms with E-state index in [1.54, 1.807) is 13.8 Å². The second kappa shape index (κ2) is 4.76. The van der Waals surface area contributed by atoms with E-state index >= 15 is 0 Å². The average molecular weight is 256 g/mol. The summed E-state index contributed by atoms with van der Waals surface area (Å²) in [7, 11) is 0. The predicted molar refractivity (Wildman–Crippen MR) is 61.4 cm³/mol. The van der Waals surface area contributed by atoms with Gasteiger partial charge in [-0.05, 0) is 37.1 Å². The zero-order valence-electron chi connectivity index (χ0n) is 10.2. The normalized spacial score (nSPS) is 22.8. The lowest BCUT2D eigenvalue weighted by atomic mass is 10.0. The Balaban J connectivity index is 2.10. The average Bonchev–Trinajstić information content (AvgIpc) is 2.32. The van der Waals surface area contributed by atoms with Crippen molar-refractivity contribution in [2.24, 2.45) is 0 Å². The first-order valence-electron chi connectivity index (χ1n) is 5.52. The zero-order chi connectivity index (χ0) is 13.3. The molecule has 0 bridgehead atoms. The molecule has 18 heavy (non-hydrogen) atoms. The molecule has 98 valence electrons. The molecule has 0 N–H and O–H groups in total. The fraction of sp³-hybridized carbons (Fsp3) is 0.385. The molecule has 1 aromatic carbocycles. The Hall–Kier alpha value is -1.30. The lowest BCUT2D eigenvalue weighted by Gasteiger charge is -2.34. The summed E-state index contributed by atoms with van der Waals surface area (Å²) in [6.07, 6.45) is -0.539. The van der Waals surface area contributed by atoms with Gasteiger partial charge in [-0.1, -0.05) is 12.6 Å². The molecule has 1 saturated heterocycles. The van der Waals surface area contributed by atoms with Gasteiger partial charge < -0.3 is 4.74 Å². The number of hydrogen-bond donors (Lipinski definition) is 0. The maximum atomic E-state index is 13.1. The van der Waals surface area contributed by atoms with Crippen LogP contribution in [0, 0.1) is 11.6 Å². The molecule has 1 aromatic rings. The minimum atomic E-state index is -0.924. The van der Waals surface area contributed by atoms with Gasteiger partial charge in [0, 0.05) is 0 Å². The van der Waals surface area contributed by atoms with E-state index in [0.717, 1.165) is 12.1 Å². The standard InChI is InChI=1S/C13H14F2O3/c1-8(9-4-5-10(14)11(15)6-9)12-7-16-13(2,3)18-17-12/h4-6,12H,1,7H2,2-3H3. The van der Waals surface area contributed by atoms with E-state index in [9.17, 15) is 8.78 Å². The molecular formula is C13H14F2O3. The number of hydrogen-bond acceptors (Lipinski definition) is 3. The van der Waals surface area contributed by atoms with Crippen molar-refractivity contribution in [3.05, 3.63) is 42.0 Å². The third-order valence-corrected chi connectivity index (χ3v) is 2.63. The van der Waals surface area contributed by atoms with Crippen molar-refractivity contribution < 1.29 is 23.3 Å². The van der Waals surface area contributed by atoms with E-state index in [4.69, 9.17) is 14.5 Å². The van der Waals surface area contributed by atoms with Gasteiger partial charge in [0.1, 0.15) is 6.10 Å². The maximum absolute atomic E-state index is 13.1. The number of benzene rings is 1. The van der Waals surface area contributed by atoms with Gasteiger partial charge in [-0.3, -0.25) is 0 Å². The fourth-order valence-corrected chi connectivity index (χ4v) is 1.54. The second-order valence-electron chi connectivity index (χ2n) is 4.53. The van der Waals surface area contributed by atoms with Gasteiger partial charge in [-0.25, -0.2) is 18.6 Å². The Bertz CT molecular complexity index is 461. The van der Waals surface area contributed by atoms with Crippen LogP contribution in [0.25, 0.3) is 5.57 Å².